The van der Waals surface area contributed by atoms with Gasteiger partial charge in [0.25, 0.3) is 0 Å². The van der Waals surface area contributed by atoms with Crippen LogP contribution in [0.15, 0.2) is 23.1 Å². The number of rotatable bonds is 6. The first-order chi connectivity index (χ1) is 14.9. The Morgan fingerprint density at radius 2 is 1.94 bits per heavy atom. The molecule has 0 spiro atoms. The van der Waals surface area contributed by atoms with E-state index in [-0.39, 0.29) is 24.4 Å². The van der Waals surface area contributed by atoms with E-state index in [2.05, 4.69) is 10.2 Å². The number of halogens is 2. The van der Waals surface area contributed by atoms with E-state index in [4.69, 9.17) is 21.6 Å². The molecule has 3 heterocycles. The smallest absolute Gasteiger partial charge is 0.228 e. The van der Waals surface area contributed by atoms with Crippen molar-refractivity contribution < 1.29 is 14.0 Å². The van der Waals surface area contributed by atoms with E-state index in [1.807, 2.05) is 18.7 Å². The fourth-order valence-corrected chi connectivity index (χ4v) is 5.38. The van der Waals surface area contributed by atoms with Gasteiger partial charge in [-0.25, -0.2) is 9.37 Å². The molecule has 0 saturated carbocycles. The van der Waals surface area contributed by atoms with E-state index in [9.17, 15) is 14.0 Å². The Balaban J connectivity index is 1.54. The molecule has 2 aromatic rings. The summed E-state index contributed by atoms with van der Waals surface area (Å²) in [5.41, 5.74) is 1.34. The van der Waals surface area contributed by atoms with Gasteiger partial charge < -0.3 is 24.8 Å². The maximum atomic E-state index is 14.3. The molecule has 4 rings (SSSR count). The molecular formula is C21H27ClFN5O2S. The molecule has 1 aromatic carbocycles. The van der Waals surface area contributed by atoms with Crippen LogP contribution < -0.4 is 15.1 Å². The Bertz CT molecular complexity index is 942. The highest BCUT2D eigenvalue weighted by atomic mass is 35.5. The first-order valence-electron chi connectivity index (χ1n) is 10.5. The zero-order valence-corrected chi connectivity index (χ0v) is 19.2. The van der Waals surface area contributed by atoms with Crippen LogP contribution in [0.5, 0.6) is 0 Å². The molecule has 10 heteroatoms. The van der Waals surface area contributed by atoms with Crippen molar-refractivity contribution in [2.75, 3.05) is 53.7 Å². The molecule has 1 aromatic heterocycles. The van der Waals surface area contributed by atoms with Crippen LogP contribution in [0.3, 0.4) is 0 Å². The van der Waals surface area contributed by atoms with Crippen LogP contribution in [0.25, 0.3) is 0 Å². The van der Waals surface area contributed by atoms with Gasteiger partial charge >= 0.3 is 0 Å². The quantitative estimate of drug-likeness (QED) is 0.631. The second-order valence-corrected chi connectivity index (χ2v) is 10.1. The van der Waals surface area contributed by atoms with Crippen LogP contribution in [-0.4, -0.2) is 64.2 Å². The summed E-state index contributed by atoms with van der Waals surface area (Å²) in [7, 11) is 0. The summed E-state index contributed by atoms with van der Waals surface area (Å²) in [5.74, 6) is 1.53. The van der Waals surface area contributed by atoms with Crippen molar-refractivity contribution in [3.05, 3.63) is 34.7 Å². The SMILES string of the molecule is CC(C)[C@H](CO)Nc1nc(N2CCN(c3ccc(Cl)cc3F)CC2)nc2c1[S+]([O-])CC2. The summed E-state index contributed by atoms with van der Waals surface area (Å²) in [5, 5.41) is 13.4. The van der Waals surface area contributed by atoms with E-state index in [1.54, 1.807) is 12.1 Å². The third-order valence-electron chi connectivity index (χ3n) is 5.81. The fraction of sp³-hybridized carbons (Fsp3) is 0.524. The Hall–Kier alpha value is -1.81. The van der Waals surface area contributed by atoms with Crippen LogP contribution in [0.1, 0.15) is 19.5 Å². The first-order valence-corrected chi connectivity index (χ1v) is 12.2. The molecule has 1 saturated heterocycles. The number of piperazine rings is 1. The largest absolute Gasteiger partial charge is 0.611 e. The van der Waals surface area contributed by atoms with Gasteiger partial charge in [-0.2, -0.15) is 4.98 Å². The summed E-state index contributed by atoms with van der Waals surface area (Å²) in [4.78, 5) is 14.1. The first kappa shape index (κ1) is 22.4. The average Bonchev–Trinajstić information content (AvgIpc) is 3.13. The summed E-state index contributed by atoms with van der Waals surface area (Å²) < 4.78 is 26.8. The topological polar surface area (TPSA) is 87.6 Å². The number of fused-ring (bicyclic) bond motifs is 1. The number of aliphatic hydroxyl groups is 1. The van der Waals surface area contributed by atoms with Gasteiger partial charge in [0.05, 0.1) is 18.3 Å². The van der Waals surface area contributed by atoms with Crippen LogP contribution in [0, 0.1) is 11.7 Å². The molecule has 2 aliphatic rings. The van der Waals surface area contributed by atoms with Gasteiger partial charge in [-0.3, -0.25) is 0 Å². The minimum Gasteiger partial charge on any atom is -0.611 e. The zero-order chi connectivity index (χ0) is 22.1. The van der Waals surface area contributed by atoms with Crippen LogP contribution in [-0.2, 0) is 17.6 Å². The summed E-state index contributed by atoms with van der Waals surface area (Å²) in [6, 6.07) is 4.55. The van der Waals surface area contributed by atoms with Gasteiger partial charge in [0, 0.05) is 37.6 Å². The maximum Gasteiger partial charge on any atom is 0.228 e. The standard InChI is InChI=1S/C21H27ClFN5O2S/c1-13(2)17(12-29)24-20-19-16(5-10-31(19)30)25-21(26-20)28-8-6-27(7-9-28)18-4-3-14(22)11-15(18)23/h3-4,11,13,17,29H,5-10,12H2,1-2H3,(H,24,25,26)/t17-,31?/m0/s1. The molecule has 0 amide bonds. The molecule has 1 fully saturated rings. The third-order valence-corrected chi connectivity index (χ3v) is 7.51. The fourth-order valence-electron chi connectivity index (χ4n) is 3.91. The van der Waals surface area contributed by atoms with Gasteiger partial charge in [-0.15, -0.1) is 0 Å². The zero-order valence-electron chi connectivity index (χ0n) is 17.6. The molecule has 168 valence electrons. The molecule has 7 nitrogen and oxygen atoms in total. The van der Waals surface area contributed by atoms with E-state index in [1.165, 1.54) is 6.07 Å². The number of aromatic nitrogens is 2. The lowest BCUT2D eigenvalue weighted by molar-refractivity contribution is 0.248. The van der Waals surface area contributed by atoms with Gasteiger partial charge in [0.1, 0.15) is 17.3 Å². The molecule has 2 aliphatic heterocycles. The van der Waals surface area contributed by atoms with Crippen molar-refractivity contribution in [3.63, 3.8) is 0 Å². The van der Waals surface area contributed by atoms with Crippen LogP contribution >= 0.6 is 11.6 Å². The van der Waals surface area contributed by atoms with E-state index in [0.29, 0.717) is 65.7 Å². The molecule has 31 heavy (non-hydrogen) atoms. The summed E-state index contributed by atoms with van der Waals surface area (Å²) in [6.07, 6.45) is 0.646. The van der Waals surface area contributed by atoms with Gasteiger partial charge in [-0.1, -0.05) is 25.4 Å². The monoisotopic (exact) mass is 467 g/mol. The Kier molecular flexibility index (Phi) is 6.76. The Morgan fingerprint density at radius 1 is 1.23 bits per heavy atom. The molecule has 0 radical (unpaired) electrons. The van der Waals surface area contributed by atoms with Gasteiger partial charge in [-0.05, 0) is 35.3 Å². The lowest BCUT2D eigenvalue weighted by atomic mass is 10.1. The summed E-state index contributed by atoms with van der Waals surface area (Å²) in [6.45, 7) is 6.51. The Morgan fingerprint density at radius 3 is 2.58 bits per heavy atom. The number of benzene rings is 1. The molecular weight excluding hydrogens is 441 g/mol. The second kappa shape index (κ2) is 9.36. The second-order valence-electron chi connectivity index (χ2n) is 8.19. The number of hydrogen-bond acceptors (Lipinski definition) is 7. The average molecular weight is 468 g/mol. The van der Waals surface area contributed by atoms with Crippen molar-refractivity contribution in [1.82, 2.24) is 9.97 Å². The highest BCUT2D eigenvalue weighted by Crippen LogP contribution is 2.33. The summed E-state index contributed by atoms with van der Waals surface area (Å²) >= 11 is 4.73. The number of aliphatic hydroxyl groups excluding tert-OH is 1. The van der Waals surface area contributed by atoms with Crippen LogP contribution in [0.4, 0.5) is 21.8 Å². The predicted molar refractivity (Wildman–Crippen MR) is 122 cm³/mol. The van der Waals surface area contributed by atoms with E-state index in [0.717, 1.165) is 5.69 Å². The predicted octanol–water partition coefficient (Wildman–Crippen LogP) is 2.69. The Labute approximate surface area is 189 Å². The van der Waals surface area contributed by atoms with Gasteiger partial charge in [0.15, 0.2) is 5.82 Å². The van der Waals surface area contributed by atoms with Crippen molar-refractivity contribution in [1.29, 1.82) is 0 Å². The normalized spacial score (nSPS) is 19.6. The van der Waals surface area contributed by atoms with Crippen molar-refractivity contribution >= 4 is 40.2 Å². The lowest BCUT2D eigenvalue weighted by Gasteiger charge is -2.36. The molecule has 2 N–H and O–H groups in total. The molecule has 1 unspecified atom stereocenters. The minimum atomic E-state index is -1.14. The van der Waals surface area contributed by atoms with Crippen molar-refractivity contribution in [2.24, 2.45) is 5.92 Å². The van der Waals surface area contributed by atoms with Gasteiger partial charge in [0.2, 0.25) is 10.8 Å². The third kappa shape index (κ3) is 4.69. The lowest BCUT2D eigenvalue weighted by Crippen LogP contribution is -2.47. The van der Waals surface area contributed by atoms with E-state index < -0.39 is 11.2 Å². The molecule has 0 bridgehead atoms. The molecule has 0 aliphatic carbocycles. The number of aryl methyl sites for hydroxylation is 1. The number of anilines is 3. The highest BCUT2D eigenvalue weighted by molar-refractivity contribution is 7.91. The molecule has 2 atom stereocenters. The van der Waals surface area contributed by atoms with Crippen molar-refractivity contribution in [2.45, 2.75) is 31.2 Å². The number of nitrogens with zero attached hydrogens (tertiary/aromatic N) is 4. The minimum absolute atomic E-state index is 0.0380. The highest BCUT2D eigenvalue weighted by Gasteiger charge is 2.34. The van der Waals surface area contributed by atoms with E-state index >= 15 is 0 Å². The number of hydrogen-bond donors (Lipinski definition) is 2. The van der Waals surface area contributed by atoms with Crippen molar-refractivity contribution in [3.8, 4) is 0 Å². The maximum absolute atomic E-state index is 14.3. The number of nitrogens with one attached hydrogen (secondary N) is 1. The van der Waals surface area contributed by atoms with Crippen LogP contribution in [0.2, 0.25) is 5.02 Å².